The standard InChI is InChI=1S/C6BF5.2BrH.Mg/c7-1-2(8)4(10)6(12)5(11)3(1)9;;;/h;2*1H;/q;;;+2/p-2. The van der Waals surface area contributed by atoms with Crippen LogP contribution in [-0.4, -0.2) is 30.9 Å². The summed E-state index contributed by atoms with van der Waals surface area (Å²) in [5, 5.41) is 0. The van der Waals surface area contributed by atoms with Gasteiger partial charge in [-0.3, -0.25) is 0 Å². The molecule has 0 aliphatic heterocycles. The van der Waals surface area contributed by atoms with Gasteiger partial charge in [0.25, 0.3) is 0 Å². The maximum absolute atomic E-state index is 12.3. The van der Waals surface area contributed by atoms with E-state index >= 15 is 0 Å². The van der Waals surface area contributed by atoms with E-state index in [1.807, 2.05) is 0 Å². The maximum Gasteiger partial charge on any atom is 2.00 e. The van der Waals surface area contributed by atoms with Crippen LogP contribution in [0.3, 0.4) is 0 Å². The van der Waals surface area contributed by atoms with Gasteiger partial charge in [0.15, 0.2) is 29.1 Å². The minimum Gasteiger partial charge on any atom is -1.00 e. The molecule has 0 atom stereocenters. The molecule has 1 aromatic carbocycles. The van der Waals surface area contributed by atoms with Crippen LogP contribution < -0.4 is 39.4 Å². The summed E-state index contributed by atoms with van der Waals surface area (Å²) in [4.78, 5) is 0. The second-order valence-electron chi connectivity index (χ2n) is 1.98. The second kappa shape index (κ2) is 7.86. The molecule has 0 amide bonds. The van der Waals surface area contributed by atoms with Crippen molar-refractivity contribution in [1.29, 1.82) is 0 Å². The van der Waals surface area contributed by atoms with E-state index < -0.39 is 34.5 Å². The third-order valence-corrected chi connectivity index (χ3v) is 1.24. The van der Waals surface area contributed by atoms with Crippen molar-refractivity contribution in [2.75, 3.05) is 0 Å². The minimum absolute atomic E-state index is 0. The van der Waals surface area contributed by atoms with Crippen LogP contribution in [0.1, 0.15) is 0 Å². The Hall–Kier alpha value is 0.661. The number of hydrogen-bond donors (Lipinski definition) is 0. The first-order chi connectivity index (χ1) is 5.46. The molecule has 0 aliphatic rings. The predicted molar refractivity (Wildman–Crippen MR) is 37.4 cm³/mol. The number of hydrogen-bond acceptors (Lipinski definition) is 0. The molecule has 0 fully saturated rings. The van der Waals surface area contributed by atoms with Gasteiger partial charge < -0.3 is 34.0 Å². The molecule has 2 radical (unpaired) electrons. The molecule has 9 heteroatoms. The van der Waals surface area contributed by atoms with E-state index in [2.05, 4.69) is 7.85 Å². The van der Waals surface area contributed by atoms with Crippen molar-refractivity contribution in [2.24, 2.45) is 0 Å². The minimum atomic E-state index is -2.21. The van der Waals surface area contributed by atoms with Gasteiger partial charge in [-0.2, -0.15) is 0 Å². The molecule has 1 aromatic rings. The third kappa shape index (κ3) is 3.86. The van der Waals surface area contributed by atoms with E-state index in [1.54, 1.807) is 0 Å². The van der Waals surface area contributed by atoms with Crippen LogP contribution in [0.4, 0.5) is 22.0 Å². The first kappa shape index (κ1) is 21.0. The Bertz CT molecular complexity index is 244. The van der Waals surface area contributed by atoms with Gasteiger partial charge in [-0.15, -0.1) is 0 Å². The van der Waals surface area contributed by atoms with Crippen LogP contribution in [0.5, 0.6) is 0 Å². The van der Waals surface area contributed by atoms with E-state index in [0.29, 0.717) is 0 Å². The van der Waals surface area contributed by atoms with Crippen molar-refractivity contribution in [3.8, 4) is 0 Å². The Kier molecular flexibility index (Phi) is 11.0. The zero-order valence-corrected chi connectivity index (χ0v) is 11.5. The van der Waals surface area contributed by atoms with Crippen LogP contribution in [-0.2, 0) is 0 Å². The topological polar surface area (TPSA) is 0 Å². The van der Waals surface area contributed by atoms with Crippen LogP contribution >= 0.6 is 0 Å². The summed E-state index contributed by atoms with van der Waals surface area (Å²) in [5.74, 6) is -10.3. The quantitative estimate of drug-likeness (QED) is 0.188. The fourth-order valence-corrected chi connectivity index (χ4v) is 0.622. The largest absolute Gasteiger partial charge is 2.00 e. The zero-order chi connectivity index (χ0) is 9.46. The fourth-order valence-electron chi connectivity index (χ4n) is 0.622. The van der Waals surface area contributed by atoms with E-state index in [1.165, 1.54) is 0 Å². The normalized spacial score (nSPS) is 8.33. The molecule has 0 N–H and O–H groups in total. The van der Waals surface area contributed by atoms with Crippen LogP contribution in [0.25, 0.3) is 0 Å². The second-order valence-corrected chi connectivity index (χ2v) is 1.98. The van der Waals surface area contributed by atoms with Gasteiger partial charge in [-0.25, -0.2) is 22.0 Å². The van der Waals surface area contributed by atoms with E-state index in [-0.39, 0.29) is 57.0 Å². The van der Waals surface area contributed by atoms with Gasteiger partial charge >= 0.3 is 23.1 Å². The molecule has 1 rings (SSSR count). The molecule has 0 bridgehead atoms. The van der Waals surface area contributed by atoms with Crippen molar-refractivity contribution >= 4 is 36.4 Å². The summed E-state index contributed by atoms with van der Waals surface area (Å²) in [6.07, 6.45) is 0. The van der Waals surface area contributed by atoms with Crippen molar-refractivity contribution in [3.63, 3.8) is 0 Å². The van der Waals surface area contributed by atoms with Gasteiger partial charge in [-0.1, -0.05) is 0 Å². The smallest absolute Gasteiger partial charge is 1.00 e. The van der Waals surface area contributed by atoms with Gasteiger partial charge in [0, 0.05) is 0 Å². The average Bonchev–Trinajstić information content (AvgIpc) is 2.08. The maximum atomic E-state index is 12.3. The molecule has 0 saturated heterocycles. The summed E-state index contributed by atoms with van der Waals surface area (Å²) in [5.41, 5.74) is -1.37. The van der Waals surface area contributed by atoms with Crippen molar-refractivity contribution in [3.05, 3.63) is 29.1 Å². The Morgan fingerprint density at radius 3 is 1.07 bits per heavy atom. The molecule has 0 spiro atoms. The first-order valence-corrected chi connectivity index (χ1v) is 2.73. The van der Waals surface area contributed by atoms with Crippen LogP contribution in [0.2, 0.25) is 0 Å². The zero-order valence-electron chi connectivity index (χ0n) is 6.93. The van der Waals surface area contributed by atoms with Gasteiger partial charge in [-0.05, 0) is 5.46 Å². The Morgan fingerprint density at radius 1 is 0.600 bits per heavy atom. The Labute approximate surface area is 121 Å². The summed E-state index contributed by atoms with van der Waals surface area (Å²) >= 11 is 0. The molecular formula is C6BBr2F5Mg. The van der Waals surface area contributed by atoms with Gasteiger partial charge in [0.2, 0.25) is 0 Å². The molecule has 0 saturated carbocycles. The molecule has 15 heavy (non-hydrogen) atoms. The number of halogens is 7. The summed E-state index contributed by atoms with van der Waals surface area (Å²) in [6.45, 7) is 0. The molecule has 0 unspecified atom stereocenters. The third-order valence-electron chi connectivity index (χ3n) is 1.24. The Balaban J connectivity index is -0.000000480. The monoisotopic (exact) mass is 360 g/mol. The van der Waals surface area contributed by atoms with E-state index in [9.17, 15) is 22.0 Å². The van der Waals surface area contributed by atoms with Crippen LogP contribution in [0, 0.1) is 29.1 Å². The number of rotatable bonds is 0. The van der Waals surface area contributed by atoms with E-state index in [4.69, 9.17) is 0 Å². The van der Waals surface area contributed by atoms with Gasteiger partial charge in [0.1, 0.15) is 7.85 Å². The summed E-state index contributed by atoms with van der Waals surface area (Å²) < 4.78 is 61.1. The number of benzene rings is 1. The molecule has 0 heterocycles. The first-order valence-electron chi connectivity index (χ1n) is 2.73. The van der Waals surface area contributed by atoms with Crippen LogP contribution in [0.15, 0.2) is 0 Å². The van der Waals surface area contributed by atoms with Gasteiger partial charge in [0.05, 0.1) is 0 Å². The summed E-state index contributed by atoms with van der Waals surface area (Å²) in [7, 11) is 4.56. The average molecular weight is 362 g/mol. The van der Waals surface area contributed by atoms with Crippen molar-refractivity contribution < 1.29 is 55.9 Å². The van der Waals surface area contributed by atoms with E-state index in [0.717, 1.165) is 0 Å². The molecule has 0 aliphatic carbocycles. The predicted octanol–water partition coefficient (Wildman–Crippen LogP) is -5.20. The van der Waals surface area contributed by atoms with Crippen molar-refractivity contribution in [2.45, 2.75) is 0 Å². The molecular weight excluding hydrogens is 362 g/mol. The SMILES string of the molecule is [B]c1c(F)c(F)c(F)c(F)c1F.[Br-].[Br-].[Mg+2]. The molecule has 0 aromatic heterocycles. The molecule has 78 valence electrons. The fraction of sp³-hybridized carbons (Fsp3) is 0. The Morgan fingerprint density at radius 2 is 0.800 bits per heavy atom. The summed E-state index contributed by atoms with van der Waals surface area (Å²) in [6, 6.07) is 0. The molecule has 0 nitrogen and oxygen atoms in total. The van der Waals surface area contributed by atoms with Crippen molar-refractivity contribution in [1.82, 2.24) is 0 Å².